The highest BCUT2D eigenvalue weighted by molar-refractivity contribution is 5.75. The highest BCUT2D eigenvalue weighted by Gasteiger charge is 2.28. The standard InChI is InChI=1S/C14H18F2N2O2/c15-13(16)11-4-1-3-10(9-11)12(14(19)20)18-7-2-5-17-6-8-18/h1,3-4,9,12-13,17H,2,5-8H2,(H,19,20). The summed E-state index contributed by atoms with van der Waals surface area (Å²) in [7, 11) is 0. The first-order valence-corrected chi connectivity index (χ1v) is 6.65. The van der Waals surface area contributed by atoms with Gasteiger partial charge in [0.25, 0.3) is 6.43 Å². The Labute approximate surface area is 116 Å². The van der Waals surface area contributed by atoms with Crippen molar-refractivity contribution >= 4 is 5.97 Å². The third kappa shape index (κ3) is 3.52. The molecule has 6 heteroatoms. The van der Waals surface area contributed by atoms with Crippen molar-refractivity contribution < 1.29 is 18.7 Å². The minimum atomic E-state index is -2.59. The second-order valence-electron chi connectivity index (χ2n) is 4.85. The van der Waals surface area contributed by atoms with E-state index in [9.17, 15) is 18.7 Å². The van der Waals surface area contributed by atoms with E-state index < -0.39 is 18.4 Å². The predicted molar refractivity (Wildman–Crippen MR) is 70.8 cm³/mol. The molecule has 1 heterocycles. The van der Waals surface area contributed by atoms with Gasteiger partial charge in [0.1, 0.15) is 6.04 Å². The van der Waals surface area contributed by atoms with Gasteiger partial charge in [-0.05, 0) is 24.6 Å². The normalized spacial score (nSPS) is 18.8. The highest BCUT2D eigenvalue weighted by Crippen LogP contribution is 2.26. The second kappa shape index (κ2) is 6.76. The zero-order valence-electron chi connectivity index (χ0n) is 11.1. The van der Waals surface area contributed by atoms with Crippen LogP contribution in [-0.2, 0) is 4.79 Å². The number of carboxylic acid groups (broad SMARTS) is 1. The summed E-state index contributed by atoms with van der Waals surface area (Å²) in [6, 6.07) is 4.83. The largest absolute Gasteiger partial charge is 0.480 e. The van der Waals surface area contributed by atoms with E-state index in [1.807, 2.05) is 4.90 Å². The summed E-state index contributed by atoms with van der Waals surface area (Å²) in [6.45, 7) is 2.79. The number of nitrogens with zero attached hydrogens (tertiary/aromatic N) is 1. The molecule has 0 radical (unpaired) electrons. The molecule has 2 rings (SSSR count). The molecule has 110 valence electrons. The van der Waals surface area contributed by atoms with Gasteiger partial charge < -0.3 is 10.4 Å². The Bertz CT molecular complexity index is 460. The highest BCUT2D eigenvalue weighted by atomic mass is 19.3. The monoisotopic (exact) mass is 284 g/mol. The molecule has 20 heavy (non-hydrogen) atoms. The van der Waals surface area contributed by atoms with E-state index in [2.05, 4.69) is 5.32 Å². The van der Waals surface area contributed by atoms with E-state index in [0.29, 0.717) is 25.2 Å². The zero-order valence-corrected chi connectivity index (χ0v) is 11.1. The van der Waals surface area contributed by atoms with E-state index in [1.54, 1.807) is 6.07 Å². The minimum Gasteiger partial charge on any atom is -0.480 e. The van der Waals surface area contributed by atoms with Crippen molar-refractivity contribution in [3.8, 4) is 0 Å². The average Bonchev–Trinajstić information content (AvgIpc) is 2.68. The maximum atomic E-state index is 12.7. The van der Waals surface area contributed by atoms with Crippen molar-refractivity contribution in [1.82, 2.24) is 10.2 Å². The average molecular weight is 284 g/mol. The lowest BCUT2D eigenvalue weighted by atomic mass is 10.0. The lowest BCUT2D eigenvalue weighted by Gasteiger charge is -2.27. The lowest BCUT2D eigenvalue weighted by molar-refractivity contribution is -0.143. The first kappa shape index (κ1) is 14.9. The van der Waals surface area contributed by atoms with Gasteiger partial charge in [0.05, 0.1) is 0 Å². The van der Waals surface area contributed by atoms with Crippen LogP contribution in [0, 0.1) is 0 Å². The number of nitrogens with one attached hydrogen (secondary N) is 1. The summed E-state index contributed by atoms with van der Waals surface area (Å²) in [5.74, 6) is -1.00. The summed E-state index contributed by atoms with van der Waals surface area (Å²) in [5.41, 5.74) is 0.277. The van der Waals surface area contributed by atoms with Crippen LogP contribution in [0.2, 0.25) is 0 Å². The summed E-state index contributed by atoms with van der Waals surface area (Å²) >= 11 is 0. The Morgan fingerprint density at radius 3 is 2.70 bits per heavy atom. The van der Waals surface area contributed by atoms with Gasteiger partial charge in [-0.25, -0.2) is 8.78 Å². The minimum absolute atomic E-state index is 0.137. The third-order valence-corrected chi connectivity index (χ3v) is 3.45. The van der Waals surface area contributed by atoms with Gasteiger partial charge in [-0.3, -0.25) is 9.69 Å². The van der Waals surface area contributed by atoms with E-state index in [-0.39, 0.29) is 5.56 Å². The van der Waals surface area contributed by atoms with Crippen molar-refractivity contribution in [3.63, 3.8) is 0 Å². The van der Waals surface area contributed by atoms with Crippen LogP contribution in [0.5, 0.6) is 0 Å². The quantitative estimate of drug-likeness (QED) is 0.888. The van der Waals surface area contributed by atoms with Gasteiger partial charge in [-0.15, -0.1) is 0 Å². The lowest BCUT2D eigenvalue weighted by Crippen LogP contribution is -2.36. The van der Waals surface area contributed by atoms with Crippen molar-refractivity contribution in [3.05, 3.63) is 35.4 Å². The molecule has 1 saturated heterocycles. The van der Waals surface area contributed by atoms with Crippen molar-refractivity contribution in [2.24, 2.45) is 0 Å². The SMILES string of the molecule is O=C(O)C(c1cccc(C(F)F)c1)N1CCCNCC1. The van der Waals surface area contributed by atoms with Gasteiger partial charge in [0, 0.05) is 25.2 Å². The zero-order chi connectivity index (χ0) is 14.5. The van der Waals surface area contributed by atoms with E-state index in [1.165, 1.54) is 18.2 Å². The fourth-order valence-corrected chi connectivity index (χ4v) is 2.50. The molecule has 1 aliphatic heterocycles. The van der Waals surface area contributed by atoms with Crippen LogP contribution in [0.3, 0.4) is 0 Å². The van der Waals surface area contributed by atoms with Crippen molar-refractivity contribution in [1.29, 1.82) is 0 Å². The molecule has 0 bridgehead atoms. The molecule has 0 amide bonds. The molecule has 0 spiro atoms. The number of carboxylic acids is 1. The number of carbonyl (C=O) groups is 1. The molecule has 4 nitrogen and oxygen atoms in total. The molecule has 1 aliphatic rings. The van der Waals surface area contributed by atoms with E-state index in [4.69, 9.17) is 0 Å². The summed E-state index contributed by atoms with van der Waals surface area (Å²) in [6.07, 6.45) is -1.74. The first-order valence-electron chi connectivity index (χ1n) is 6.65. The van der Waals surface area contributed by atoms with Gasteiger partial charge in [-0.2, -0.15) is 0 Å². The molecular formula is C14H18F2N2O2. The Hall–Kier alpha value is -1.53. The molecular weight excluding hydrogens is 266 g/mol. The number of rotatable bonds is 4. The fourth-order valence-electron chi connectivity index (χ4n) is 2.50. The molecule has 0 saturated carbocycles. The Kier molecular flexibility index (Phi) is 5.03. The van der Waals surface area contributed by atoms with Crippen molar-refractivity contribution in [2.75, 3.05) is 26.2 Å². The number of hydrogen-bond acceptors (Lipinski definition) is 3. The molecule has 1 aromatic rings. The Morgan fingerprint density at radius 2 is 2.00 bits per heavy atom. The molecule has 0 aromatic heterocycles. The second-order valence-corrected chi connectivity index (χ2v) is 4.85. The summed E-state index contributed by atoms with van der Waals surface area (Å²) in [5, 5.41) is 12.6. The molecule has 2 N–H and O–H groups in total. The molecule has 0 aliphatic carbocycles. The van der Waals surface area contributed by atoms with Crippen LogP contribution in [0.4, 0.5) is 8.78 Å². The van der Waals surface area contributed by atoms with Crippen molar-refractivity contribution in [2.45, 2.75) is 18.9 Å². The Morgan fingerprint density at radius 1 is 1.25 bits per heavy atom. The first-order chi connectivity index (χ1) is 9.59. The summed E-state index contributed by atoms with van der Waals surface area (Å²) in [4.78, 5) is 13.4. The molecule has 1 fully saturated rings. The van der Waals surface area contributed by atoms with Crippen LogP contribution < -0.4 is 5.32 Å². The van der Waals surface area contributed by atoms with Crippen LogP contribution >= 0.6 is 0 Å². The molecule has 1 aromatic carbocycles. The maximum absolute atomic E-state index is 12.7. The predicted octanol–water partition coefficient (Wildman–Crippen LogP) is 2.05. The topological polar surface area (TPSA) is 52.6 Å². The molecule has 1 unspecified atom stereocenters. The maximum Gasteiger partial charge on any atom is 0.325 e. The van der Waals surface area contributed by atoms with Crippen LogP contribution in [0.25, 0.3) is 0 Å². The number of benzene rings is 1. The van der Waals surface area contributed by atoms with Crippen LogP contribution in [0.15, 0.2) is 24.3 Å². The third-order valence-electron chi connectivity index (χ3n) is 3.45. The fraction of sp³-hybridized carbons (Fsp3) is 0.500. The smallest absolute Gasteiger partial charge is 0.325 e. The van der Waals surface area contributed by atoms with Crippen LogP contribution in [-0.4, -0.2) is 42.2 Å². The number of aliphatic carboxylic acids is 1. The Balaban J connectivity index is 2.27. The summed E-state index contributed by atoms with van der Waals surface area (Å²) < 4.78 is 25.5. The molecule has 1 atom stereocenters. The number of alkyl halides is 2. The van der Waals surface area contributed by atoms with Gasteiger partial charge in [0.2, 0.25) is 0 Å². The van der Waals surface area contributed by atoms with Gasteiger partial charge in [-0.1, -0.05) is 18.2 Å². The van der Waals surface area contributed by atoms with Gasteiger partial charge in [0.15, 0.2) is 0 Å². The van der Waals surface area contributed by atoms with E-state index in [0.717, 1.165) is 13.0 Å². The van der Waals surface area contributed by atoms with E-state index >= 15 is 0 Å². The van der Waals surface area contributed by atoms with Gasteiger partial charge >= 0.3 is 5.97 Å². The number of halogens is 2. The number of hydrogen-bond donors (Lipinski definition) is 2. The van der Waals surface area contributed by atoms with Crippen LogP contribution in [0.1, 0.15) is 30.0 Å².